The average molecular weight is 374 g/mol. The van der Waals surface area contributed by atoms with Crippen molar-refractivity contribution in [3.63, 3.8) is 0 Å². The van der Waals surface area contributed by atoms with Crippen LogP contribution in [0, 0.1) is 0 Å². The first-order valence-corrected chi connectivity index (χ1v) is 8.61. The number of hydrogen-bond donors (Lipinski definition) is 2. The van der Waals surface area contributed by atoms with Crippen molar-refractivity contribution in [1.82, 2.24) is 15.6 Å². The molecule has 2 rings (SSSR count). The molecule has 0 bridgehead atoms. The van der Waals surface area contributed by atoms with Gasteiger partial charge in [-0.05, 0) is 32.8 Å². The zero-order chi connectivity index (χ0) is 19.0. The molecule has 0 saturated carbocycles. The van der Waals surface area contributed by atoms with E-state index in [2.05, 4.69) is 20.6 Å². The number of aliphatic imine (C=N–C) groups is 1. The van der Waals surface area contributed by atoms with Gasteiger partial charge in [-0.2, -0.15) is 13.2 Å². The number of guanidine groups is 1. The molecule has 26 heavy (non-hydrogen) atoms. The minimum absolute atomic E-state index is 0.0597. The second kappa shape index (κ2) is 9.07. The van der Waals surface area contributed by atoms with Crippen molar-refractivity contribution in [1.29, 1.82) is 0 Å². The zero-order valence-electron chi connectivity index (χ0n) is 15.0. The largest absolute Gasteiger partial charge is 0.468 e. The zero-order valence-corrected chi connectivity index (χ0v) is 15.0. The quantitative estimate of drug-likeness (QED) is 0.567. The van der Waals surface area contributed by atoms with Gasteiger partial charge in [-0.1, -0.05) is 6.07 Å². The topological polar surface area (TPSA) is 67.8 Å². The Morgan fingerprint density at radius 2 is 2.23 bits per heavy atom. The predicted molar refractivity (Wildman–Crippen MR) is 92.2 cm³/mol. The van der Waals surface area contributed by atoms with E-state index in [0.717, 1.165) is 19.4 Å². The van der Waals surface area contributed by atoms with Crippen LogP contribution in [0.2, 0.25) is 0 Å². The summed E-state index contributed by atoms with van der Waals surface area (Å²) in [5.41, 5.74) is 0.253. The summed E-state index contributed by atoms with van der Waals surface area (Å²) in [5.74, 6) is 0.505. The van der Waals surface area contributed by atoms with Crippen molar-refractivity contribution in [2.75, 3.05) is 26.3 Å². The van der Waals surface area contributed by atoms with E-state index in [1.807, 2.05) is 13.8 Å². The molecule has 0 radical (unpaired) electrons. The van der Waals surface area contributed by atoms with Crippen molar-refractivity contribution in [3.8, 4) is 5.88 Å². The van der Waals surface area contributed by atoms with Crippen LogP contribution in [0.4, 0.5) is 13.2 Å². The van der Waals surface area contributed by atoms with E-state index < -0.39 is 12.8 Å². The van der Waals surface area contributed by atoms with Crippen molar-refractivity contribution in [2.45, 2.75) is 45.0 Å². The molecule has 1 unspecified atom stereocenters. The minimum Gasteiger partial charge on any atom is -0.468 e. The molecular formula is C17H25F3N4O2. The maximum absolute atomic E-state index is 12.4. The maximum atomic E-state index is 12.4. The van der Waals surface area contributed by atoms with Gasteiger partial charge >= 0.3 is 6.18 Å². The van der Waals surface area contributed by atoms with E-state index in [1.165, 1.54) is 6.20 Å². The Labute approximate surface area is 151 Å². The van der Waals surface area contributed by atoms with Gasteiger partial charge in [-0.3, -0.25) is 0 Å². The fraction of sp³-hybridized carbons (Fsp3) is 0.647. The molecule has 1 aliphatic heterocycles. The predicted octanol–water partition coefficient (Wildman–Crippen LogP) is 2.65. The Balaban J connectivity index is 1.99. The molecule has 146 valence electrons. The number of hydrogen-bond acceptors (Lipinski definition) is 4. The molecule has 1 aliphatic rings. The van der Waals surface area contributed by atoms with Gasteiger partial charge in [0.1, 0.15) is 0 Å². The van der Waals surface area contributed by atoms with Gasteiger partial charge in [0, 0.05) is 31.5 Å². The molecular weight excluding hydrogens is 349 g/mol. The number of pyridine rings is 1. The molecule has 0 aliphatic carbocycles. The lowest BCUT2D eigenvalue weighted by Gasteiger charge is -2.24. The number of rotatable bonds is 7. The highest BCUT2D eigenvalue weighted by atomic mass is 19.4. The maximum Gasteiger partial charge on any atom is 0.422 e. The van der Waals surface area contributed by atoms with Crippen LogP contribution < -0.4 is 15.4 Å². The molecule has 1 saturated heterocycles. The number of nitrogens with zero attached hydrogens (tertiary/aromatic N) is 2. The number of aromatic nitrogens is 1. The molecule has 2 N–H and O–H groups in total. The van der Waals surface area contributed by atoms with E-state index in [4.69, 9.17) is 9.47 Å². The second-order valence-corrected chi connectivity index (χ2v) is 6.32. The Morgan fingerprint density at radius 3 is 2.88 bits per heavy atom. The summed E-state index contributed by atoms with van der Waals surface area (Å²) in [7, 11) is 0. The van der Waals surface area contributed by atoms with Crippen LogP contribution in [0.3, 0.4) is 0 Å². The van der Waals surface area contributed by atoms with Crippen LogP contribution >= 0.6 is 0 Å². The monoisotopic (exact) mass is 374 g/mol. The Hall–Kier alpha value is -2.03. The van der Waals surface area contributed by atoms with E-state index in [0.29, 0.717) is 24.6 Å². The highest BCUT2D eigenvalue weighted by Crippen LogP contribution is 2.24. The highest BCUT2D eigenvalue weighted by molar-refractivity contribution is 5.79. The fourth-order valence-electron chi connectivity index (χ4n) is 2.58. The fourth-order valence-corrected chi connectivity index (χ4v) is 2.58. The van der Waals surface area contributed by atoms with Crippen molar-refractivity contribution < 1.29 is 22.6 Å². The summed E-state index contributed by atoms with van der Waals surface area (Å²) < 4.78 is 47.6. The summed E-state index contributed by atoms with van der Waals surface area (Å²) in [4.78, 5) is 8.29. The Bertz CT molecular complexity index is 602. The molecule has 1 atom stereocenters. The van der Waals surface area contributed by atoms with Crippen LogP contribution in [0.5, 0.6) is 5.88 Å². The van der Waals surface area contributed by atoms with E-state index in [1.54, 1.807) is 12.1 Å². The van der Waals surface area contributed by atoms with Gasteiger partial charge in [0.05, 0.1) is 12.1 Å². The lowest BCUT2D eigenvalue weighted by atomic mass is 10.0. The van der Waals surface area contributed by atoms with E-state index in [9.17, 15) is 13.2 Å². The van der Waals surface area contributed by atoms with Crippen LogP contribution in [0.1, 0.15) is 32.3 Å². The minimum atomic E-state index is -4.41. The third-order valence-corrected chi connectivity index (χ3v) is 3.90. The first kappa shape index (κ1) is 20.3. The van der Waals surface area contributed by atoms with Gasteiger partial charge < -0.3 is 20.1 Å². The molecule has 1 aromatic rings. The smallest absolute Gasteiger partial charge is 0.422 e. The van der Waals surface area contributed by atoms with Crippen molar-refractivity contribution >= 4 is 5.96 Å². The van der Waals surface area contributed by atoms with Crippen LogP contribution in [-0.4, -0.2) is 49.0 Å². The van der Waals surface area contributed by atoms with Crippen LogP contribution in [-0.2, 0) is 11.3 Å². The molecule has 6 nitrogen and oxygen atoms in total. The summed E-state index contributed by atoms with van der Waals surface area (Å²) in [6.07, 6.45) is -1.02. The van der Waals surface area contributed by atoms with Crippen LogP contribution in [0.15, 0.2) is 23.3 Å². The number of nitrogens with one attached hydrogen (secondary N) is 2. The molecule has 0 aromatic carbocycles. The molecule has 1 fully saturated rings. The summed E-state index contributed by atoms with van der Waals surface area (Å²) in [6, 6.07) is 3.28. The molecule has 0 spiro atoms. The van der Waals surface area contributed by atoms with Gasteiger partial charge in [0.25, 0.3) is 0 Å². The first-order chi connectivity index (χ1) is 12.3. The molecule has 1 aromatic heterocycles. The van der Waals surface area contributed by atoms with Crippen molar-refractivity contribution in [3.05, 3.63) is 23.9 Å². The number of ether oxygens (including phenoxy) is 2. The van der Waals surface area contributed by atoms with Crippen molar-refractivity contribution in [2.24, 2.45) is 4.99 Å². The third kappa shape index (κ3) is 6.70. The molecule has 9 heteroatoms. The third-order valence-electron chi connectivity index (χ3n) is 3.90. The summed E-state index contributed by atoms with van der Waals surface area (Å²) in [5, 5.41) is 6.33. The molecule has 0 amide bonds. The lowest BCUT2D eigenvalue weighted by molar-refractivity contribution is -0.154. The number of halogens is 3. The van der Waals surface area contributed by atoms with Gasteiger partial charge in [-0.15, -0.1) is 0 Å². The average Bonchev–Trinajstić information content (AvgIpc) is 3.02. The number of alkyl halides is 3. The summed E-state index contributed by atoms with van der Waals surface area (Å²) >= 11 is 0. The van der Waals surface area contributed by atoms with E-state index in [-0.39, 0.29) is 18.0 Å². The lowest BCUT2D eigenvalue weighted by Crippen LogP contribution is -2.45. The highest BCUT2D eigenvalue weighted by Gasteiger charge is 2.30. The van der Waals surface area contributed by atoms with E-state index >= 15 is 0 Å². The second-order valence-electron chi connectivity index (χ2n) is 6.32. The van der Waals surface area contributed by atoms with Gasteiger partial charge in [-0.25, -0.2) is 9.98 Å². The van der Waals surface area contributed by atoms with Gasteiger partial charge in [0.2, 0.25) is 5.88 Å². The van der Waals surface area contributed by atoms with Gasteiger partial charge in [0.15, 0.2) is 12.6 Å². The standard InChI is InChI=1S/C17H25F3N4O2/c1-3-21-15(24-11-16(2)7-5-9-26-16)23-10-13-6-4-8-22-14(13)25-12-17(18,19)20/h4,6,8H,3,5,7,9-12H2,1-2H3,(H2,21,23,24). The summed E-state index contributed by atoms with van der Waals surface area (Å²) in [6.45, 7) is 4.76. The SMILES string of the molecule is CCNC(=NCc1cccnc1OCC(F)(F)F)NCC1(C)CCCO1. The van der Waals surface area contributed by atoms with Crippen LogP contribution in [0.25, 0.3) is 0 Å². The Morgan fingerprint density at radius 1 is 1.42 bits per heavy atom. The molecule has 2 heterocycles. The Kier molecular flexibility index (Phi) is 7.07. The normalized spacial score (nSPS) is 20.9. The first-order valence-electron chi connectivity index (χ1n) is 8.61.